The van der Waals surface area contributed by atoms with E-state index in [1.54, 1.807) is 0 Å². The third kappa shape index (κ3) is 14.3. The Bertz CT molecular complexity index is 2480. The predicted molar refractivity (Wildman–Crippen MR) is 314 cm³/mol. The maximum absolute atomic E-state index is 15.2. The second-order valence-electron chi connectivity index (χ2n) is 24.5. The van der Waals surface area contributed by atoms with Gasteiger partial charge in [0.25, 0.3) is 0 Å². The smallest absolute Gasteiger partial charge is 0.872 e. The van der Waals surface area contributed by atoms with E-state index in [-0.39, 0.29) is 90.9 Å². The van der Waals surface area contributed by atoms with E-state index in [0.717, 1.165) is 29.9 Å². The molecule has 0 saturated carbocycles. The summed E-state index contributed by atoms with van der Waals surface area (Å²) in [6.07, 6.45) is 2.56. The first-order valence-corrected chi connectivity index (χ1v) is 28.6. The molecule has 1 radical (unpaired) electrons. The van der Waals surface area contributed by atoms with Gasteiger partial charge in [-0.05, 0) is 166 Å². The minimum atomic E-state index is -0.0115. The van der Waals surface area contributed by atoms with Crippen molar-refractivity contribution in [1.82, 2.24) is 4.90 Å². The molecule has 6 heteroatoms. The molecule has 0 amide bonds. The zero-order valence-electron chi connectivity index (χ0n) is 49.8. The van der Waals surface area contributed by atoms with Crippen molar-refractivity contribution in [2.24, 2.45) is 0 Å². The van der Waals surface area contributed by atoms with E-state index in [9.17, 15) is 0 Å². The third-order valence-corrected chi connectivity index (χ3v) is 15.5. The van der Waals surface area contributed by atoms with Crippen LogP contribution in [0.1, 0.15) is 257 Å². The molecule has 1 fully saturated rings. The minimum absolute atomic E-state index is 0. The molecule has 0 atom stereocenters. The molecular weight excluding hydrogens is 970 g/mol. The molecule has 0 aromatic heterocycles. The molecule has 0 aliphatic carbocycles. The minimum Gasteiger partial charge on any atom is -0.872 e. The zero-order valence-corrected chi connectivity index (χ0v) is 51.2. The van der Waals surface area contributed by atoms with Gasteiger partial charge in [0.05, 0.1) is 0 Å². The Morgan fingerprint density at radius 1 is 0.355 bits per heavy atom. The van der Waals surface area contributed by atoms with E-state index in [4.69, 9.17) is 4.74 Å². The van der Waals surface area contributed by atoms with E-state index in [1.807, 2.05) is 54.6 Å². The summed E-state index contributed by atoms with van der Waals surface area (Å²) in [7, 11) is 0. The summed E-state index contributed by atoms with van der Waals surface area (Å²) in [6, 6.07) is 31.6. The first-order chi connectivity index (χ1) is 35.4. The van der Waals surface area contributed by atoms with Gasteiger partial charge in [-0.25, -0.2) is 0 Å². The summed E-state index contributed by atoms with van der Waals surface area (Å²) in [5.41, 5.74) is 18.1. The maximum atomic E-state index is 15.2. The SMILES string of the molecule is C1CCOC1.CC(C)c1cc(C(C)C)c(-c2cccc(CN(Cc3cccc(-c4c(C(C)C)cc(C(C)C)cc4C(C)C)c3[O-])Cc3cccc(-c4c(C(C)C)cc(C(C)C)cc4C(C)C)c3[O-])c2[O-])c(C(C)C)c1.[V+4]. The van der Waals surface area contributed by atoms with Gasteiger partial charge in [-0.3, -0.25) is 4.90 Å². The summed E-state index contributed by atoms with van der Waals surface area (Å²) in [6.45, 7) is 42.7. The van der Waals surface area contributed by atoms with E-state index in [2.05, 4.69) is 166 Å². The van der Waals surface area contributed by atoms with Gasteiger partial charge in [-0.2, -0.15) is 0 Å². The first kappa shape index (κ1) is 62.1. The van der Waals surface area contributed by atoms with Crippen LogP contribution in [0.15, 0.2) is 91.0 Å². The molecule has 0 spiro atoms. The Labute approximate surface area is 472 Å². The van der Waals surface area contributed by atoms with Crippen LogP contribution in [0.3, 0.4) is 0 Å². The van der Waals surface area contributed by atoms with E-state index >= 15 is 15.3 Å². The van der Waals surface area contributed by atoms with Gasteiger partial charge >= 0.3 is 18.6 Å². The fourth-order valence-corrected chi connectivity index (χ4v) is 10.9. The molecule has 1 aliphatic rings. The monoisotopic (exact) mass is 1060 g/mol. The first-order valence-electron chi connectivity index (χ1n) is 28.6. The van der Waals surface area contributed by atoms with Crippen LogP contribution in [0.5, 0.6) is 17.2 Å². The predicted octanol–water partition coefficient (Wildman–Crippen LogP) is 18.0. The van der Waals surface area contributed by atoms with Crippen molar-refractivity contribution in [3.8, 4) is 50.6 Å². The van der Waals surface area contributed by atoms with Crippen LogP contribution < -0.4 is 15.3 Å². The molecule has 0 N–H and O–H groups in total. The number of hydrogen-bond donors (Lipinski definition) is 0. The maximum Gasteiger partial charge on any atom is 4.00 e. The molecular formula is C70H92NO4V+. The van der Waals surface area contributed by atoms with Crippen molar-refractivity contribution in [2.45, 2.75) is 210 Å². The topological polar surface area (TPSA) is 81.7 Å². The quantitative estimate of drug-likeness (QED) is 0.0857. The molecule has 5 nitrogen and oxygen atoms in total. The number of hydrogen-bond acceptors (Lipinski definition) is 5. The van der Waals surface area contributed by atoms with Crippen LogP contribution in [-0.2, 0) is 42.9 Å². The van der Waals surface area contributed by atoms with Gasteiger partial charge in [0.15, 0.2) is 0 Å². The second-order valence-corrected chi connectivity index (χ2v) is 24.5. The van der Waals surface area contributed by atoms with Crippen LogP contribution in [0, 0.1) is 0 Å². The zero-order chi connectivity index (χ0) is 55.2. The Kier molecular flexibility index (Phi) is 22.2. The van der Waals surface area contributed by atoms with Gasteiger partial charge in [-0.15, -0.1) is 0 Å². The average molecular weight is 1060 g/mol. The number of ether oxygens (including phenoxy) is 1. The molecule has 76 heavy (non-hydrogen) atoms. The van der Waals surface area contributed by atoms with Crippen LogP contribution >= 0.6 is 0 Å². The summed E-state index contributed by atoms with van der Waals surface area (Å²) >= 11 is 0. The summed E-state index contributed by atoms with van der Waals surface area (Å²) in [5, 5.41) is 45.6. The molecule has 0 bridgehead atoms. The normalized spacial score (nSPS) is 12.9. The molecule has 1 aliphatic heterocycles. The summed E-state index contributed by atoms with van der Waals surface area (Å²) in [5.74, 6) is 2.27. The van der Waals surface area contributed by atoms with Gasteiger partial charge < -0.3 is 20.1 Å². The summed E-state index contributed by atoms with van der Waals surface area (Å²) in [4.78, 5) is 2.15. The molecule has 6 aromatic rings. The van der Waals surface area contributed by atoms with Crippen molar-refractivity contribution in [3.63, 3.8) is 0 Å². The average Bonchev–Trinajstić information content (AvgIpc) is 3.95. The van der Waals surface area contributed by atoms with Gasteiger partial charge in [0.2, 0.25) is 0 Å². The van der Waals surface area contributed by atoms with Crippen LogP contribution in [0.25, 0.3) is 33.4 Å². The molecule has 1 saturated heterocycles. The van der Waals surface area contributed by atoms with Crippen molar-refractivity contribution >= 4 is 0 Å². The third-order valence-electron chi connectivity index (χ3n) is 15.5. The van der Waals surface area contributed by atoms with Gasteiger partial charge in [0.1, 0.15) is 0 Å². The van der Waals surface area contributed by atoms with Gasteiger partial charge in [-0.1, -0.05) is 233 Å². The number of nitrogens with zero attached hydrogens (tertiary/aromatic N) is 1. The summed E-state index contributed by atoms with van der Waals surface area (Å²) < 4.78 is 4.94. The second kappa shape index (κ2) is 27.2. The molecule has 1 heterocycles. The Hall–Kier alpha value is -4.78. The Morgan fingerprint density at radius 3 is 0.750 bits per heavy atom. The molecule has 405 valence electrons. The number of para-hydroxylation sites is 3. The number of benzene rings is 6. The molecule has 7 rings (SSSR count). The molecule has 6 aromatic carbocycles. The van der Waals surface area contributed by atoms with Crippen molar-refractivity contribution in [1.29, 1.82) is 0 Å². The van der Waals surface area contributed by atoms with Crippen molar-refractivity contribution in [2.75, 3.05) is 13.2 Å². The van der Waals surface area contributed by atoms with E-state index < -0.39 is 0 Å². The van der Waals surface area contributed by atoms with Crippen molar-refractivity contribution in [3.05, 3.63) is 158 Å². The fourth-order valence-electron chi connectivity index (χ4n) is 10.9. The van der Waals surface area contributed by atoms with Crippen LogP contribution in [0.4, 0.5) is 0 Å². The Balaban J connectivity index is 0.00000168. The number of rotatable bonds is 18. The van der Waals surface area contributed by atoms with Crippen molar-refractivity contribution < 1.29 is 38.6 Å². The van der Waals surface area contributed by atoms with Crippen LogP contribution in [0.2, 0.25) is 0 Å². The van der Waals surface area contributed by atoms with Crippen LogP contribution in [-0.4, -0.2) is 18.1 Å². The Morgan fingerprint density at radius 2 is 0.579 bits per heavy atom. The largest absolute Gasteiger partial charge is 4.00 e. The van der Waals surface area contributed by atoms with Gasteiger partial charge in [0, 0.05) is 32.8 Å². The molecule has 0 unspecified atom stereocenters. The van der Waals surface area contributed by atoms with E-state index in [1.165, 1.54) is 62.9 Å². The standard InChI is InChI=1S/C66H87NO3.C4H8O.V/c1-37(2)49-28-55(40(7)8)61(56(29-49)41(9)10)52-25-19-22-46(64(52)68)34-67(35-47-23-20-26-53(65(47)69)62-57(42(11)12)30-50(38(3)4)31-58(62)43(13)14)36-48-24-21-27-54(66(48)70)63-59(44(15)16)32-51(39(5)6)33-60(63)45(17)18;1-2-4-5-3-1;/h19-33,37-45,68-70H,34-36H2,1-18H3;1-4H2;/q;;+4/p-3. The fraction of sp³-hybridized carbons (Fsp3) is 0.486. The van der Waals surface area contributed by atoms with E-state index in [0.29, 0.717) is 51.1 Å².